The molecule has 4 nitrogen and oxygen atoms in total. The van der Waals surface area contributed by atoms with Crippen molar-refractivity contribution in [2.24, 2.45) is 0 Å². The van der Waals surface area contributed by atoms with Crippen LogP contribution in [-0.2, 0) is 9.31 Å². The highest BCUT2D eigenvalue weighted by molar-refractivity contribution is 7.80. The summed E-state index contributed by atoms with van der Waals surface area (Å²) in [5.41, 5.74) is 8.38. The predicted octanol–water partition coefficient (Wildman–Crippen LogP) is 2.92. The smallest absolute Gasteiger partial charge is 0.400 e. The second-order valence-electron chi connectivity index (χ2n) is 6.38. The number of hydrogen-bond donors (Lipinski definition) is 2. The molecule has 2 rings (SSSR count). The molecule has 0 atom stereocenters. The van der Waals surface area contributed by atoms with Crippen molar-refractivity contribution in [2.75, 3.05) is 11.5 Å². The van der Waals surface area contributed by atoms with Crippen LogP contribution in [-0.4, -0.2) is 29.1 Å². The average molecular weight is 306 g/mol. The minimum absolute atomic E-state index is 0.357. The summed E-state index contributed by atoms with van der Waals surface area (Å²) in [6.07, 6.45) is 1.96. The highest BCUT2D eigenvalue weighted by atomic mass is 32.1. The van der Waals surface area contributed by atoms with Crippen molar-refractivity contribution in [1.29, 1.82) is 0 Å². The number of thiol groups is 1. The third-order valence-corrected chi connectivity index (χ3v) is 4.59. The summed E-state index contributed by atoms with van der Waals surface area (Å²) < 4.78 is 12.1. The second-order valence-corrected chi connectivity index (χ2v) is 6.69. The Morgan fingerprint density at radius 1 is 1.29 bits per heavy atom. The van der Waals surface area contributed by atoms with Gasteiger partial charge in [-0.25, -0.2) is 0 Å². The third kappa shape index (κ3) is 3.28. The van der Waals surface area contributed by atoms with Gasteiger partial charge in [-0.2, -0.15) is 12.6 Å². The molecule has 0 amide bonds. The Kier molecular flexibility index (Phi) is 4.43. The lowest BCUT2D eigenvalue weighted by Crippen LogP contribution is -2.41. The van der Waals surface area contributed by atoms with Gasteiger partial charge in [-0.3, -0.25) is 4.98 Å². The summed E-state index contributed by atoms with van der Waals surface area (Å²) in [4.78, 5) is 4.46. The highest BCUT2D eigenvalue weighted by Crippen LogP contribution is 2.38. The van der Waals surface area contributed by atoms with Gasteiger partial charge in [0.1, 0.15) is 0 Å². The molecular formula is C15H23BN2O2S. The standard InChI is InChI=1S/C15H23BN2O2S/c1-10-13(17)7-6-12(18-10)8-11(9-21)16-19-14(2,3)15(4,5)20-16/h6-8,21H,9,17H2,1-5H3. The molecule has 0 radical (unpaired) electrons. The van der Waals surface area contributed by atoms with Crippen LogP contribution in [0, 0.1) is 6.92 Å². The third-order valence-electron chi connectivity index (χ3n) is 4.22. The quantitative estimate of drug-likeness (QED) is 0.666. The number of nitrogen functional groups attached to an aromatic ring is 1. The van der Waals surface area contributed by atoms with E-state index in [0.717, 1.165) is 16.9 Å². The zero-order valence-electron chi connectivity index (χ0n) is 13.3. The van der Waals surface area contributed by atoms with Gasteiger partial charge >= 0.3 is 7.12 Å². The molecular weight excluding hydrogens is 283 g/mol. The van der Waals surface area contributed by atoms with E-state index in [2.05, 4.69) is 17.6 Å². The van der Waals surface area contributed by atoms with E-state index in [1.54, 1.807) is 0 Å². The summed E-state index contributed by atoms with van der Waals surface area (Å²) in [5.74, 6) is 0.544. The van der Waals surface area contributed by atoms with Gasteiger partial charge in [-0.15, -0.1) is 0 Å². The summed E-state index contributed by atoms with van der Waals surface area (Å²) in [7, 11) is -0.396. The first-order chi connectivity index (χ1) is 9.66. The summed E-state index contributed by atoms with van der Waals surface area (Å²) in [5, 5.41) is 0. The fourth-order valence-corrected chi connectivity index (χ4v) is 2.28. The van der Waals surface area contributed by atoms with Crippen molar-refractivity contribution in [3.05, 3.63) is 29.0 Å². The lowest BCUT2D eigenvalue weighted by atomic mass is 9.78. The molecule has 1 aliphatic heterocycles. The largest absolute Gasteiger partial charge is 0.491 e. The lowest BCUT2D eigenvalue weighted by Gasteiger charge is -2.32. The van der Waals surface area contributed by atoms with Crippen LogP contribution in [0.15, 0.2) is 17.6 Å². The minimum Gasteiger partial charge on any atom is -0.400 e. The average Bonchev–Trinajstić information content (AvgIpc) is 2.59. The van der Waals surface area contributed by atoms with E-state index in [0.29, 0.717) is 11.4 Å². The molecule has 21 heavy (non-hydrogen) atoms. The number of aryl methyl sites for hydroxylation is 1. The Morgan fingerprint density at radius 3 is 2.33 bits per heavy atom. The van der Waals surface area contributed by atoms with Crippen LogP contribution < -0.4 is 5.73 Å². The Bertz CT molecular complexity index is 557. The molecule has 6 heteroatoms. The van der Waals surface area contributed by atoms with E-state index in [9.17, 15) is 0 Å². The Hall–Kier alpha value is -0.975. The normalized spacial score (nSPS) is 20.9. The van der Waals surface area contributed by atoms with Crippen LogP contribution in [0.4, 0.5) is 5.69 Å². The molecule has 0 saturated carbocycles. The molecule has 2 N–H and O–H groups in total. The van der Waals surface area contributed by atoms with Gasteiger partial charge in [-0.1, -0.05) is 0 Å². The van der Waals surface area contributed by atoms with Crippen molar-refractivity contribution in [3.63, 3.8) is 0 Å². The zero-order chi connectivity index (χ0) is 15.8. The van der Waals surface area contributed by atoms with Crippen LogP contribution >= 0.6 is 12.6 Å². The zero-order valence-corrected chi connectivity index (χ0v) is 14.2. The fraction of sp³-hybridized carbons (Fsp3) is 0.533. The number of nitrogens with zero attached hydrogens (tertiary/aromatic N) is 1. The molecule has 0 aromatic carbocycles. The van der Waals surface area contributed by atoms with Gasteiger partial charge in [-0.05, 0) is 58.3 Å². The summed E-state index contributed by atoms with van der Waals surface area (Å²) in [6, 6.07) is 3.74. The molecule has 1 aromatic rings. The van der Waals surface area contributed by atoms with E-state index in [1.807, 2.05) is 52.8 Å². The molecule has 1 aromatic heterocycles. The lowest BCUT2D eigenvalue weighted by molar-refractivity contribution is 0.00578. The van der Waals surface area contributed by atoms with Gasteiger partial charge in [0.2, 0.25) is 0 Å². The SMILES string of the molecule is Cc1nc(C=C(CS)B2OC(C)(C)C(C)(C)O2)ccc1N. The van der Waals surface area contributed by atoms with Crippen molar-refractivity contribution in [2.45, 2.75) is 45.8 Å². The van der Waals surface area contributed by atoms with Crippen LogP contribution in [0.3, 0.4) is 0 Å². The molecule has 1 saturated heterocycles. The minimum atomic E-state index is -0.396. The van der Waals surface area contributed by atoms with Crippen LogP contribution in [0.1, 0.15) is 39.1 Å². The topological polar surface area (TPSA) is 57.4 Å². The van der Waals surface area contributed by atoms with Gasteiger partial charge in [0, 0.05) is 5.75 Å². The van der Waals surface area contributed by atoms with E-state index < -0.39 is 7.12 Å². The highest BCUT2D eigenvalue weighted by Gasteiger charge is 2.52. The first kappa shape index (κ1) is 16.4. The molecule has 0 spiro atoms. The van der Waals surface area contributed by atoms with Crippen molar-refractivity contribution >= 4 is 31.5 Å². The molecule has 2 heterocycles. The first-order valence-corrected chi connectivity index (χ1v) is 7.69. The number of nitrogens with two attached hydrogens (primary N) is 1. The summed E-state index contributed by atoms with van der Waals surface area (Å²) >= 11 is 4.40. The molecule has 0 unspecified atom stereocenters. The molecule has 0 bridgehead atoms. The maximum Gasteiger partial charge on any atom is 0.491 e. The van der Waals surface area contributed by atoms with E-state index in [1.165, 1.54) is 0 Å². The number of rotatable bonds is 3. The van der Waals surface area contributed by atoms with E-state index >= 15 is 0 Å². The maximum atomic E-state index is 6.05. The predicted molar refractivity (Wildman–Crippen MR) is 91.3 cm³/mol. The number of aromatic nitrogens is 1. The Balaban J connectivity index is 2.28. The first-order valence-electron chi connectivity index (χ1n) is 7.06. The molecule has 0 aliphatic carbocycles. The fourth-order valence-electron chi connectivity index (χ4n) is 2.04. The van der Waals surface area contributed by atoms with Gasteiger partial charge < -0.3 is 15.0 Å². The van der Waals surface area contributed by atoms with Crippen molar-refractivity contribution in [3.8, 4) is 0 Å². The van der Waals surface area contributed by atoms with Crippen molar-refractivity contribution < 1.29 is 9.31 Å². The van der Waals surface area contributed by atoms with E-state index in [-0.39, 0.29) is 11.2 Å². The Morgan fingerprint density at radius 2 is 1.86 bits per heavy atom. The number of hydrogen-bond acceptors (Lipinski definition) is 5. The van der Waals surface area contributed by atoms with Crippen LogP contribution in [0.2, 0.25) is 0 Å². The van der Waals surface area contributed by atoms with Gasteiger partial charge in [0.25, 0.3) is 0 Å². The number of pyridine rings is 1. The van der Waals surface area contributed by atoms with Crippen LogP contribution in [0.25, 0.3) is 6.08 Å². The molecule has 1 aliphatic rings. The maximum absolute atomic E-state index is 6.05. The van der Waals surface area contributed by atoms with Gasteiger partial charge in [0.05, 0.1) is 28.3 Å². The van der Waals surface area contributed by atoms with E-state index in [4.69, 9.17) is 15.0 Å². The Labute approximate surface area is 132 Å². The van der Waals surface area contributed by atoms with Crippen LogP contribution in [0.5, 0.6) is 0 Å². The molecule has 1 fully saturated rings. The van der Waals surface area contributed by atoms with Crippen molar-refractivity contribution in [1.82, 2.24) is 4.98 Å². The monoisotopic (exact) mass is 306 g/mol. The number of anilines is 1. The molecule has 114 valence electrons. The summed E-state index contributed by atoms with van der Waals surface area (Å²) in [6.45, 7) is 10.0. The second kappa shape index (κ2) is 5.67. The van der Waals surface area contributed by atoms with Gasteiger partial charge in [0.15, 0.2) is 0 Å².